The van der Waals surface area contributed by atoms with Crippen molar-refractivity contribution in [3.05, 3.63) is 29.0 Å². The van der Waals surface area contributed by atoms with E-state index < -0.39 is 21.3 Å². The summed E-state index contributed by atoms with van der Waals surface area (Å²) in [6, 6.07) is 4.20. The van der Waals surface area contributed by atoms with Gasteiger partial charge >= 0.3 is 15.5 Å². The lowest BCUT2D eigenvalue weighted by Crippen LogP contribution is -2.23. The van der Waals surface area contributed by atoms with Crippen molar-refractivity contribution in [2.45, 2.75) is 5.25 Å². The minimum Gasteiger partial charge on any atom is -0.336 e. The molecule has 0 saturated heterocycles. The molecule has 0 bridgehead atoms. The predicted octanol–water partition coefficient (Wildman–Crippen LogP) is 2.56. The minimum atomic E-state index is -6.09. The minimum absolute atomic E-state index is 0.0486. The van der Waals surface area contributed by atoms with Crippen LogP contribution < -0.4 is 0 Å². The number of nitrogens with one attached hydrogen (secondary N) is 1. The van der Waals surface area contributed by atoms with Crippen molar-refractivity contribution in [3.8, 4) is 0 Å². The molecular formula is C8H4ClF3N2O2S. The lowest BCUT2D eigenvalue weighted by atomic mass is 10.3. The third kappa shape index (κ3) is 1.87. The van der Waals surface area contributed by atoms with E-state index in [0.717, 1.165) is 0 Å². The van der Waals surface area contributed by atoms with Gasteiger partial charge in [0.2, 0.25) is 0 Å². The highest BCUT2D eigenvalue weighted by molar-refractivity contribution is 7.87. The van der Waals surface area contributed by atoms with E-state index in [2.05, 4.69) is 4.98 Å². The van der Waals surface area contributed by atoms with Crippen LogP contribution in [0.25, 0.3) is 11.0 Å². The number of rotatable bonds is 2. The molecule has 1 heterocycles. The fourth-order valence-electron chi connectivity index (χ4n) is 1.25. The molecule has 0 aliphatic carbocycles. The zero-order chi connectivity index (χ0) is 12.8. The van der Waals surface area contributed by atoms with Crippen LogP contribution in [-0.2, 0) is 15.5 Å². The van der Waals surface area contributed by atoms with E-state index in [1.165, 1.54) is 18.2 Å². The van der Waals surface area contributed by atoms with Gasteiger partial charge in [-0.1, -0.05) is 21.6 Å². The Bertz CT molecular complexity index is 683. The van der Waals surface area contributed by atoms with Gasteiger partial charge in [0.15, 0.2) is 5.82 Å². The quantitative estimate of drug-likeness (QED) is 0.862. The number of halogens is 4. The molecule has 1 N–H and O–H groups in total. The number of hydrogen-bond acceptors (Lipinski definition) is 3. The van der Waals surface area contributed by atoms with E-state index in [1.54, 1.807) is 0 Å². The van der Waals surface area contributed by atoms with Crippen LogP contribution in [0.3, 0.4) is 0 Å². The fourth-order valence-corrected chi connectivity index (χ4v) is 1.79. The first-order valence-corrected chi connectivity index (χ1v) is 5.96. The largest absolute Gasteiger partial charge is 0.430 e. The Morgan fingerprint density at radius 3 is 2.53 bits per heavy atom. The number of fused-ring (bicyclic) bond motifs is 1. The molecule has 0 fully saturated rings. The number of para-hydroxylation sites is 1. The molecular weight excluding hydrogens is 281 g/mol. The Hall–Kier alpha value is -1.28. The van der Waals surface area contributed by atoms with Gasteiger partial charge in [-0.3, -0.25) is 0 Å². The molecule has 1 aromatic heterocycles. The van der Waals surface area contributed by atoms with Crippen molar-refractivity contribution in [1.29, 1.82) is 0 Å². The molecule has 0 unspecified atom stereocenters. The summed E-state index contributed by atoms with van der Waals surface area (Å²) in [5.74, 6) is -1.30. The van der Waals surface area contributed by atoms with Gasteiger partial charge in [0.05, 0.1) is 10.5 Å². The van der Waals surface area contributed by atoms with Gasteiger partial charge in [0, 0.05) is 0 Å². The van der Waals surface area contributed by atoms with E-state index in [-0.39, 0.29) is 16.1 Å². The Kier molecular flexibility index (Phi) is 2.58. The highest BCUT2D eigenvalue weighted by atomic mass is 35.5. The molecule has 0 radical (unpaired) electrons. The number of imidazole rings is 1. The van der Waals surface area contributed by atoms with E-state index >= 15 is 0 Å². The fraction of sp³-hybridized carbons (Fsp3) is 0.125. The van der Waals surface area contributed by atoms with E-state index in [1.807, 2.05) is 4.98 Å². The second-order valence-corrected chi connectivity index (χ2v) is 4.97. The number of aromatic nitrogens is 2. The smallest absolute Gasteiger partial charge is 0.336 e. The van der Waals surface area contributed by atoms with Gasteiger partial charge in [-0.2, -0.15) is 17.2 Å². The summed E-state index contributed by atoms with van der Waals surface area (Å²) in [6.07, 6.45) is 0. The second-order valence-electron chi connectivity index (χ2n) is 3.18. The van der Waals surface area contributed by atoms with Crippen molar-refractivity contribution < 1.29 is 21.1 Å². The van der Waals surface area contributed by atoms with Crippen LogP contribution in [-0.4, -0.2) is 18.4 Å². The highest BCUT2D eigenvalue weighted by Gasteiger charge is 2.50. The van der Waals surface area contributed by atoms with Gasteiger partial charge in [-0.25, -0.2) is 4.98 Å². The lowest BCUT2D eigenvalue weighted by molar-refractivity contribution is 0.0755. The number of hydrogen-bond donors (Lipinski definition) is 1. The summed E-state index contributed by atoms with van der Waals surface area (Å²) in [5.41, 5.74) is 0.0447. The standard InChI is InChI=1S/C8H4ClF3N2O2S/c9-4-2-1-3-5-6(4)14-7(13-5)8(10,11)17(12,15)16/h1-3H,(H,13,14). The van der Waals surface area contributed by atoms with Gasteiger partial charge in [0.25, 0.3) is 0 Å². The maximum absolute atomic E-state index is 13.1. The molecule has 0 aliphatic rings. The Labute approximate surface area is 98.6 Å². The normalized spacial score (nSPS) is 13.2. The predicted molar refractivity (Wildman–Crippen MR) is 55.0 cm³/mol. The van der Waals surface area contributed by atoms with Crippen LogP contribution in [0, 0.1) is 0 Å². The molecule has 1 aromatic carbocycles. The van der Waals surface area contributed by atoms with Crippen molar-refractivity contribution in [2.24, 2.45) is 0 Å². The molecule has 0 saturated carbocycles. The summed E-state index contributed by atoms with van der Waals surface area (Å²) >= 11 is 5.66. The highest BCUT2D eigenvalue weighted by Crippen LogP contribution is 2.35. The SMILES string of the molecule is O=S(=O)(F)C(F)(F)c1nc2c(Cl)cccc2[nH]1. The molecule has 17 heavy (non-hydrogen) atoms. The number of alkyl halides is 2. The molecule has 0 aliphatic heterocycles. The first kappa shape index (κ1) is 12.2. The summed E-state index contributed by atoms with van der Waals surface area (Å²) in [6.45, 7) is 0. The Morgan fingerprint density at radius 2 is 2.00 bits per heavy atom. The molecule has 92 valence electrons. The number of aromatic amines is 1. The monoisotopic (exact) mass is 284 g/mol. The van der Waals surface area contributed by atoms with Crippen molar-refractivity contribution >= 4 is 32.9 Å². The average molecular weight is 285 g/mol. The number of H-pyrrole nitrogens is 1. The van der Waals surface area contributed by atoms with Crippen LogP contribution in [0.15, 0.2) is 18.2 Å². The molecule has 0 amide bonds. The summed E-state index contributed by atoms with van der Waals surface area (Å²) in [7, 11) is -6.09. The van der Waals surface area contributed by atoms with Gasteiger partial charge in [-0.05, 0) is 12.1 Å². The van der Waals surface area contributed by atoms with Crippen molar-refractivity contribution in [2.75, 3.05) is 0 Å². The number of nitrogens with zero attached hydrogens (tertiary/aromatic N) is 1. The first-order valence-electron chi connectivity index (χ1n) is 4.20. The second kappa shape index (κ2) is 3.61. The van der Waals surface area contributed by atoms with Crippen molar-refractivity contribution in [3.63, 3.8) is 0 Å². The zero-order valence-electron chi connectivity index (χ0n) is 7.92. The van der Waals surface area contributed by atoms with Crippen LogP contribution >= 0.6 is 11.6 Å². The maximum Gasteiger partial charge on any atom is 0.430 e. The summed E-state index contributed by atoms with van der Waals surface area (Å²) < 4.78 is 59.3. The Balaban J connectivity index is 2.70. The van der Waals surface area contributed by atoms with Gasteiger partial charge in [0.1, 0.15) is 5.52 Å². The number of benzene rings is 1. The molecule has 0 spiro atoms. The third-order valence-electron chi connectivity index (χ3n) is 2.05. The molecule has 9 heteroatoms. The summed E-state index contributed by atoms with van der Waals surface area (Å²) in [5, 5.41) is -4.67. The topological polar surface area (TPSA) is 62.8 Å². The third-order valence-corrected chi connectivity index (χ3v) is 3.16. The molecule has 2 rings (SSSR count). The first-order chi connectivity index (χ1) is 7.73. The lowest BCUT2D eigenvalue weighted by Gasteiger charge is -2.06. The van der Waals surface area contributed by atoms with Crippen LogP contribution in [0.1, 0.15) is 5.82 Å². The van der Waals surface area contributed by atoms with Crippen molar-refractivity contribution in [1.82, 2.24) is 9.97 Å². The van der Waals surface area contributed by atoms with E-state index in [4.69, 9.17) is 11.6 Å². The maximum atomic E-state index is 13.1. The van der Waals surface area contributed by atoms with E-state index in [9.17, 15) is 21.1 Å². The van der Waals surface area contributed by atoms with Gasteiger partial charge < -0.3 is 4.98 Å². The Morgan fingerprint density at radius 1 is 1.35 bits per heavy atom. The van der Waals surface area contributed by atoms with Gasteiger partial charge in [-0.15, -0.1) is 0 Å². The zero-order valence-corrected chi connectivity index (χ0v) is 9.49. The molecule has 4 nitrogen and oxygen atoms in total. The molecule has 2 aromatic rings. The van der Waals surface area contributed by atoms with Crippen LogP contribution in [0.4, 0.5) is 12.7 Å². The average Bonchev–Trinajstić information content (AvgIpc) is 2.61. The summed E-state index contributed by atoms with van der Waals surface area (Å²) in [4.78, 5) is 5.31. The van der Waals surface area contributed by atoms with Crippen LogP contribution in [0.2, 0.25) is 5.02 Å². The van der Waals surface area contributed by atoms with E-state index in [0.29, 0.717) is 0 Å². The van der Waals surface area contributed by atoms with Crippen LogP contribution in [0.5, 0.6) is 0 Å². The molecule has 0 atom stereocenters.